The van der Waals surface area contributed by atoms with Crippen LogP contribution < -0.4 is 5.32 Å². The first kappa shape index (κ1) is 14.1. The van der Waals surface area contributed by atoms with Crippen molar-refractivity contribution in [1.29, 1.82) is 0 Å². The molecule has 3 rings (SSSR count). The zero-order valence-corrected chi connectivity index (χ0v) is 10.6. The molecular weight excluding hydrogens is 293 g/mol. The lowest BCUT2D eigenvalue weighted by Crippen LogP contribution is -2.00. The molecule has 0 unspecified atom stereocenters. The number of rotatable bonds is 2. The highest BCUT2D eigenvalue weighted by Gasteiger charge is 2.13. The highest BCUT2D eigenvalue weighted by Crippen LogP contribution is 2.23. The maximum atomic E-state index is 13.5. The average Bonchev–Trinajstić information content (AvgIpc) is 2.87. The summed E-state index contributed by atoms with van der Waals surface area (Å²) >= 11 is 0. The first-order valence-corrected chi connectivity index (χ1v) is 5.36. The average molecular weight is 301 g/mol. The molecule has 0 saturated carbocycles. The first-order valence-electron chi connectivity index (χ1n) is 5.36. The van der Waals surface area contributed by atoms with E-state index in [2.05, 4.69) is 20.3 Å². The van der Waals surface area contributed by atoms with E-state index in [1.165, 1.54) is 6.33 Å². The Morgan fingerprint density at radius 2 is 1.80 bits per heavy atom. The lowest BCUT2D eigenvalue weighted by atomic mass is 10.2. The third kappa shape index (κ3) is 2.39. The van der Waals surface area contributed by atoms with Gasteiger partial charge in [-0.3, -0.25) is 0 Å². The number of nitrogens with one attached hydrogen (secondary N) is 2. The molecule has 0 aliphatic heterocycles. The van der Waals surface area contributed by atoms with Gasteiger partial charge < -0.3 is 10.3 Å². The molecule has 0 saturated heterocycles. The van der Waals surface area contributed by atoms with Crippen molar-refractivity contribution in [2.75, 3.05) is 5.32 Å². The molecule has 104 valence electrons. The van der Waals surface area contributed by atoms with Crippen molar-refractivity contribution in [2.24, 2.45) is 0 Å². The van der Waals surface area contributed by atoms with Crippen LogP contribution in [0, 0.1) is 17.5 Å². The van der Waals surface area contributed by atoms with Crippen molar-refractivity contribution < 1.29 is 13.2 Å². The van der Waals surface area contributed by atoms with Crippen molar-refractivity contribution in [3.8, 4) is 0 Å². The minimum atomic E-state index is -1.52. The van der Waals surface area contributed by atoms with Gasteiger partial charge in [0.25, 0.3) is 0 Å². The highest BCUT2D eigenvalue weighted by atomic mass is 35.5. The van der Waals surface area contributed by atoms with E-state index in [0.29, 0.717) is 5.65 Å². The van der Waals surface area contributed by atoms with E-state index in [1.807, 2.05) is 0 Å². The number of pyridine rings is 1. The molecule has 0 spiro atoms. The van der Waals surface area contributed by atoms with Gasteiger partial charge in [-0.15, -0.1) is 12.4 Å². The Morgan fingerprint density at radius 1 is 1.00 bits per heavy atom. The molecule has 2 aromatic heterocycles. The van der Waals surface area contributed by atoms with Crippen molar-refractivity contribution in [3.05, 3.63) is 48.0 Å². The number of nitrogens with zero attached hydrogens (tertiary/aromatic N) is 2. The lowest BCUT2D eigenvalue weighted by Gasteiger charge is -2.07. The van der Waals surface area contributed by atoms with Crippen molar-refractivity contribution in [2.45, 2.75) is 0 Å². The van der Waals surface area contributed by atoms with Gasteiger partial charge in [-0.25, -0.2) is 23.1 Å². The van der Waals surface area contributed by atoms with Crippen LogP contribution in [0.2, 0.25) is 0 Å². The standard InChI is InChI=1S/C12H7F3N4.ClH/c13-6-1-2-7(11(15)10(6)14)18-9-4-3-8-12(19-9)17-5-16-8;/h1-5H,(H2,16,17,18,19);1H. The van der Waals surface area contributed by atoms with Crippen LogP contribution in [0.4, 0.5) is 24.7 Å². The minimum Gasteiger partial charge on any atom is -0.343 e. The number of H-pyrrole nitrogens is 1. The van der Waals surface area contributed by atoms with Gasteiger partial charge >= 0.3 is 0 Å². The Morgan fingerprint density at radius 3 is 2.60 bits per heavy atom. The maximum Gasteiger partial charge on any atom is 0.196 e. The van der Waals surface area contributed by atoms with E-state index in [9.17, 15) is 13.2 Å². The molecule has 0 bridgehead atoms. The van der Waals surface area contributed by atoms with Crippen LogP contribution in [0.5, 0.6) is 0 Å². The Kier molecular flexibility index (Phi) is 3.80. The summed E-state index contributed by atoms with van der Waals surface area (Å²) in [7, 11) is 0. The summed E-state index contributed by atoms with van der Waals surface area (Å²) in [6.45, 7) is 0. The van der Waals surface area contributed by atoms with Gasteiger partial charge in [0.15, 0.2) is 23.1 Å². The third-order valence-electron chi connectivity index (χ3n) is 2.58. The fraction of sp³-hybridized carbons (Fsp3) is 0. The van der Waals surface area contributed by atoms with E-state index in [1.54, 1.807) is 12.1 Å². The monoisotopic (exact) mass is 300 g/mol. The lowest BCUT2D eigenvalue weighted by molar-refractivity contribution is 0.449. The normalized spacial score (nSPS) is 10.3. The molecule has 4 nitrogen and oxygen atoms in total. The molecular formula is C12H8ClF3N4. The van der Waals surface area contributed by atoms with Gasteiger partial charge in [0.1, 0.15) is 5.82 Å². The number of hydrogen-bond acceptors (Lipinski definition) is 3. The second-order valence-corrected chi connectivity index (χ2v) is 3.82. The molecule has 0 radical (unpaired) electrons. The summed E-state index contributed by atoms with van der Waals surface area (Å²) in [6.07, 6.45) is 1.47. The Hall–Kier alpha value is -2.28. The molecule has 2 heterocycles. The molecule has 0 atom stereocenters. The Labute approximate surface area is 117 Å². The van der Waals surface area contributed by atoms with Gasteiger partial charge in [-0.2, -0.15) is 0 Å². The molecule has 0 amide bonds. The third-order valence-corrected chi connectivity index (χ3v) is 2.58. The summed E-state index contributed by atoms with van der Waals surface area (Å²) in [4.78, 5) is 10.9. The van der Waals surface area contributed by atoms with Crippen LogP contribution in [-0.4, -0.2) is 15.0 Å². The number of aromatic nitrogens is 3. The zero-order valence-electron chi connectivity index (χ0n) is 9.82. The fourth-order valence-electron chi connectivity index (χ4n) is 1.65. The van der Waals surface area contributed by atoms with Crippen LogP contribution in [0.25, 0.3) is 11.2 Å². The molecule has 1 aromatic carbocycles. The van der Waals surface area contributed by atoms with Gasteiger partial charge in [0.2, 0.25) is 0 Å². The fourth-order valence-corrected chi connectivity index (χ4v) is 1.65. The topological polar surface area (TPSA) is 53.6 Å². The largest absolute Gasteiger partial charge is 0.343 e. The van der Waals surface area contributed by atoms with Crippen LogP contribution in [0.1, 0.15) is 0 Å². The molecule has 0 aliphatic rings. The predicted molar refractivity (Wildman–Crippen MR) is 70.7 cm³/mol. The summed E-state index contributed by atoms with van der Waals surface area (Å²) in [5.41, 5.74) is 0.964. The number of fused-ring (bicyclic) bond motifs is 1. The number of anilines is 2. The SMILES string of the molecule is Cl.Fc1ccc(Nc2ccc3[nH]cnc3n2)c(F)c1F. The summed E-state index contributed by atoms with van der Waals surface area (Å²) in [6, 6.07) is 5.20. The van der Waals surface area contributed by atoms with E-state index in [-0.39, 0.29) is 23.9 Å². The van der Waals surface area contributed by atoms with Crippen LogP contribution in [-0.2, 0) is 0 Å². The number of hydrogen-bond donors (Lipinski definition) is 2. The van der Waals surface area contributed by atoms with Gasteiger partial charge in [0, 0.05) is 0 Å². The number of halogens is 4. The Bertz CT molecular complexity index is 760. The van der Waals surface area contributed by atoms with Crippen molar-refractivity contribution >= 4 is 35.1 Å². The van der Waals surface area contributed by atoms with E-state index >= 15 is 0 Å². The zero-order chi connectivity index (χ0) is 13.4. The van der Waals surface area contributed by atoms with Crippen LogP contribution in [0.15, 0.2) is 30.6 Å². The summed E-state index contributed by atoms with van der Waals surface area (Å²) in [5, 5.41) is 2.58. The molecule has 0 aliphatic carbocycles. The van der Waals surface area contributed by atoms with E-state index in [4.69, 9.17) is 0 Å². The number of imidazole rings is 1. The van der Waals surface area contributed by atoms with E-state index in [0.717, 1.165) is 17.6 Å². The van der Waals surface area contributed by atoms with Gasteiger partial charge in [-0.05, 0) is 24.3 Å². The van der Waals surface area contributed by atoms with Gasteiger partial charge in [0.05, 0.1) is 17.5 Å². The minimum absolute atomic E-state index is 0. The van der Waals surface area contributed by atoms with Crippen molar-refractivity contribution in [1.82, 2.24) is 15.0 Å². The summed E-state index contributed by atoms with van der Waals surface area (Å²) in [5.74, 6) is -3.77. The summed E-state index contributed by atoms with van der Waals surface area (Å²) < 4.78 is 39.3. The van der Waals surface area contributed by atoms with Crippen molar-refractivity contribution in [3.63, 3.8) is 0 Å². The smallest absolute Gasteiger partial charge is 0.196 e. The quantitative estimate of drug-likeness (QED) is 0.712. The molecule has 8 heteroatoms. The molecule has 3 aromatic rings. The van der Waals surface area contributed by atoms with Crippen LogP contribution in [0.3, 0.4) is 0 Å². The van der Waals surface area contributed by atoms with Gasteiger partial charge in [-0.1, -0.05) is 0 Å². The van der Waals surface area contributed by atoms with Crippen LogP contribution >= 0.6 is 12.4 Å². The maximum absolute atomic E-state index is 13.5. The second kappa shape index (κ2) is 5.38. The molecule has 2 N–H and O–H groups in total. The number of aromatic amines is 1. The second-order valence-electron chi connectivity index (χ2n) is 3.82. The number of benzene rings is 1. The molecule has 0 fully saturated rings. The highest BCUT2D eigenvalue weighted by molar-refractivity contribution is 5.85. The predicted octanol–water partition coefficient (Wildman–Crippen LogP) is 3.54. The first-order chi connectivity index (χ1) is 9.15. The Balaban J connectivity index is 0.00000147. The van der Waals surface area contributed by atoms with E-state index < -0.39 is 17.5 Å². The molecule has 20 heavy (non-hydrogen) atoms.